The molecule has 1 fully saturated rings. The predicted octanol–water partition coefficient (Wildman–Crippen LogP) is 3.34. The van der Waals surface area contributed by atoms with E-state index in [-0.39, 0.29) is 6.03 Å². The van der Waals surface area contributed by atoms with Crippen molar-refractivity contribution in [3.8, 4) is 0 Å². The molecule has 0 radical (unpaired) electrons. The van der Waals surface area contributed by atoms with Crippen LogP contribution in [0.1, 0.15) is 17.5 Å². The topological polar surface area (TPSA) is 61.0 Å². The molecular weight excluding hydrogens is 312 g/mol. The molecule has 0 saturated carbocycles. The molecule has 4 rings (SSSR count). The van der Waals surface area contributed by atoms with Gasteiger partial charge in [0.2, 0.25) is 0 Å². The Morgan fingerprint density at radius 1 is 1.20 bits per heavy atom. The minimum Gasteiger partial charge on any atom is -0.345 e. The molecule has 1 atom stereocenters. The van der Waals surface area contributed by atoms with Gasteiger partial charge in [0.05, 0.1) is 17.4 Å². The molecule has 2 heterocycles. The minimum atomic E-state index is 0.0256. The van der Waals surface area contributed by atoms with E-state index in [1.165, 1.54) is 5.56 Å². The summed E-state index contributed by atoms with van der Waals surface area (Å²) in [6.45, 7) is 2.20. The first kappa shape index (κ1) is 15.7. The number of carbonyl (C=O) groups is 1. The SMILES string of the molecule is O=C(NCc1ccc2[nH]cnc2c1)N1CCC(Cc2ccccc2)C1. The number of rotatable bonds is 4. The van der Waals surface area contributed by atoms with Crippen molar-refractivity contribution in [3.63, 3.8) is 0 Å². The lowest BCUT2D eigenvalue weighted by atomic mass is 9.99. The van der Waals surface area contributed by atoms with Crippen LogP contribution in [0.5, 0.6) is 0 Å². The second kappa shape index (κ2) is 6.97. The Bertz CT molecular complexity index is 858. The summed E-state index contributed by atoms with van der Waals surface area (Å²) in [6.07, 6.45) is 3.80. The quantitative estimate of drug-likeness (QED) is 0.769. The van der Waals surface area contributed by atoms with Crippen LogP contribution in [0.3, 0.4) is 0 Å². The standard InChI is InChI=1S/C20H22N4O/c25-20(21-12-16-6-7-18-19(11-16)23-14-22-18)24-9-8-17(13-24)10-15-4-2-1-3-5-15/h1-7,11,14,17H,8-10,12-13H2,(H,21,25)(H,22,23). The molecular formula is C20H22N4O. The van der Waals surface area contributed by atoms with E-state index in [9.17, 15) is 4.79 Å². The molecule has 1 saturated heterocycles. The van der Waals surface area contributed by atoms with Gasteiger partial charge >= 0.3 is 6.03 Å². The molecule has 5 nitrogen and oxygen atoms in total. The average molecular weight is 334 g/mol. The molecule has 2 amide bonds. The zero-order chi connectivity index (χ0) is 17.1. The molecule has 0 aliphatic carbocycles. The van der Waals surface area contributed by atoms with E-state index in [1.54, 1.807) is 6.33 Å². The van der Waals surface area contributed by atoms with Gasteiger partial charge < -0.3 is 15.2 Å². The van der Waals surface area contributed by atoms with E-state index >= 15 is 0 Å². The minimum absolute atomic E-state index is 0.0256. The predicted molar refractivity (Wildman–Crippen MR) is 98.2 cm³/mol. The number of carbonyl (C=O) groups excluding carboxylic acids is 1. The van der Waals surface area contributed by atoms with Crippen LogP contribution in [0, 0.1) is 5.92 Å². The highest BCUT2D eigenvalue weighted by Gasteiger charge is 2.26. The molecule has 0 bridgehead atoms. The molecule has 0 spiro atoms. The van der Waals surface area contributed by atoms with Crippen LogP contribution < -0.4 is 5.32 Å². The maximum atomic E-state index is 12.4. The number of hydrogen-bond acceptors (Lipinski definition) is 2. The van der Waals surface area contributed by atoms with Crippen LogP contribution in [-0.2, 0) is 13.0 Å². The molecule has 1 unspecified atom stereocenters. The van der Waals surface area contributed by atoms with Gasteiger partial charge in [-0.15, -0.1) is 0 Å². The summed E-state index contributed by atoms with van der Waals surface area (Å²) in [5.41, 5.74) is 4.35. The number of aromatic amines is 1. The van der Waals surface area contributed by atoms with Gasteiger partial charge in [0.15, 0.2) is 0 Å². The monoisotopic (exact) mass is 334 g/mol. The molecule has 1 aromatic heterocycles. The van der Waals surface area contributed by atoms with Crippen LogP contribution in [-0.4, -0.2) is 34.0 Å². The summed E-state index contributed by atoms with van der Waals surface area (Å²) in [5.74, 6) is 0.550. The first-order chi connectivity index (χ1) is 12.3. The maximum absolute atomic E-state index is 12.4. The van der Waals surface area contributed by atoms with Gasteiger partial charge in [-0.05, 0) is 42.0 Å². The first-order valence-electron chi connectivity index (χ1n) is 8.76. The van der Waals surface area contributed by atoms with E-state index in [0.717, 1.165) is 42.5 Å². The van der Waals surface area contributed by atoms with Crippen molar-refractivity contribution in [3.05, 3.63) is 66.0 Å². The molecule has 5 heteroatoms. The van der Waals surface area contributed by atoms with Crippen LogP contribution in [0.2, 0.25) is 0 Å². The summed E-state index contributed by atoms with van der Waals surface area (Å²) < 4.78 is 0. The second-order valence-corrected chi connectivity index (χ2v) is 6.70. The van der Waals surface area contributed by atoms with Crippen molar-refractivity contribution >= 4 is 17.1 Å². The molecule has 1 aliphatic rings. The lowest BCUT2D eigenvalue weighted by Crippen LogP contribution is -2.38. The normalized spacial score (nSPS) is 17.1. The van der Waals surface area contributed by atoms with Gasteiger partial charge in [0.1, 0.15) is 0 Å². The summed E-state index contributed by atoms with van der Waals surface area (Å²) in [7, 11) is 0. The number of likely N-dealkylation sites (tertiary alicyclic amines) is 1. The lowest BCUT2D eigenvalue weighted by Gasteiger charge is -2.17. The highest BCUT2D eigenvalue weighted by atomic mass is 16.2. The molecule has 2 N–H and O–H groups in total. The summed E-state index contributed by atoms with van der Waals surface area (Å²) >= 11 is 0. The summed E-state index contributed by atoms with van der Waals surface area (Å²) in [4.78, 5) is 21.7. The van der Waals surface area contributed by atoms with Gasteiger partial charge in [-0.25, -0.2) is 9.78 Å². The average Bonchev–Trinajstić information content (AvgIpc) is 3.29. The van der Waals surface area contributed by atoms with Gasteiger partial charge in [-0.2, -0.15) is 0 Å². The Morgan fingerprint density at radius 2 is 2.08 bits per heavy atom. The Morgan fingerprint density at radius 3 is 2.96 bits per heavy atom. The number of benzene rings is 2. The van der Waals surface area contributed by atoms with Crippen molar-refractivity contribution < 1.29 is 4.79 Å². The zero-order valence-electron chi connectivity index (χ0n) is 14.1. The van der Waals surface area contributed by atoms with E-state index in [1.807, 2.05) is 29.2 Å². The van der Waals surface area contributed by atoms with E-state index < -0.39 is 0 Å². The molecule has 128 valence electrons. The van der Waals surface area contributed by atoms with Crippen LogP contribution >= 0.6 is 0 Å². The zero-order valence-corrected chi connectivity index (χ0v) is 14.1. The number of imidazole rings is 1. The van der Waals surface area contributed by atoms with Gasteiger partial charge in [-0.1, -0.05) is 36.4 Å². The maximum Gasteiger partial charge on any atom is 0.317 e. The first-order valence-corrected chi connectivity index (χ1v) is 8.76. The van der Waals surface area contributed by atoms with Crippen molar-refractivity contribution in [1.29, 1.82) is 0 Å². The van der Waals surface area contributed by atoms with E-state index in [0.29, 0.717) is 12.5 Å². The van der Waals surface area contributed by atoms with Gasteiger partial charge in [-0.3, -0.25) is 0 Å². The number of aromatic nitrogens is 2. The van der Waals surface area contributed by atoms with Gasteiger partial charge in [0.25, 0.3) is 0 Å². The van der Waals surface area contributed by atoms with Crippen LogP contribution in [0.15, 0.2) is 54.9 Å². The number of urea groups is 1. The lowest BCUT2D eigenvalue weighted by molar-refractivity contribution is 0.206. The Balaban J connectivity index is 1.29. The highest BCUT2D eigenvalue weighted by molar-refractivity contribution is 5.76. The molecule has 3 aromatic rings. The summed E-state index contributed by atoms with van der Waals surface area (Å²) in [5, 5.41) is 3.03. The Kier molecular flexibility index (Phi) is 4.37. The third kappa shape index (κ3) is 3.65. The Hall–Kier alpha value is -2.82. The largest absolute Gasteiger partial charge is 0.345 e. The third-order valence-electron chi connectivity index (χ3n) is 4.87. The fourth-order valence-corrected chi connectivity index (χ4v) is 3.51. The molecule has 1 aliphatic heterocycles. The number of H-pyrrole nitrogens is 1. The van der Waals surface area contributed by atoms with Crippen molar-refractivity contribution in [2.24, 2.45) is 5.92 Å². The van der Waals surface area contributed by atoms with Gasteiger partial charge in [0, 0.05) is 19.6 Å². The third-order valence-corrected chi connectivity index (χ3v) is 4.87. The van der Waals surface area contributed by atoms with Crippen molar-refractivity contribution in [1.82, 2.24) is 20.2 Å². The fraction of sp³-hybridized carbons (Fsp3) is 0.300. The molecule has 25 heavy (non-hydrogen) atoms. The number of nitrogens with one attached hydrogen (secondary N) is 2. The number of hydrogen-bond donors (Lipinski definition) is 2. The van der Waals surface area contributed by atoms with Crippen molar-refractivity contribution in [2.75, 3.05) is 13.1 Å². The number of fused-ring (bicyclic) bond motifs is 1. The highest BCUT2D eigenvalue weighted by Crippen LogP contribution is 2.21. The van der Waals surface area contributed by atoms with E-state index in [4.69, 9.17) is 0 Å². The molecule has 2 aromatic carbocycles. The smallest absolute Gasteiger partial charge is 0.317 e. The number of amides is 2. The summed E-state index contributed by atoms with van der Waals surface area (Å²) in [6, 6.07) is 16.6. The fourth-order valence-electron chi connectivity index (χ4n) is 3.51. The van der Waals surface area contributed by atoms with Crippen LogP contribution in [0.4, 0.5) is 4.79 Å². The number of nitrogens with zero attached hydrogens (tertiary/aromatic N) is 2. The van der Waals surface area contributed by atoms with E-state index in [2.05, 4.69) is 39.6 Å². The van der Waals surface area contributed by atoms with Crippen molar-refractivity contribution in [2.45, 2.75) is 19.4 Å². The Labute approximate surface area is 147 Å². The second-order valence-electron chi connectivity index (χ2n) is 6.70. The van der Waals surface area contributed by atoms with Crippen LogP contribution in [0.25, 0.3) is 11.0 Å².